The zero-order valence-corrected chi connectivity index (χ0v) is 8.46. The first-order valence-corrected chi connectivity index (χ1v) is 4.77. The van der Waals surface area contributed by atoms with E-state index in [4.69, 9.17) is 9.84 Å². The standard InChI is InChI=1S/C11H14O4/c1-2-9(12)10(11(13)14)15-8-6-4-3-5-7-8/h3-7,9-10,12H,2H2,1H3,(H,13,14). The van der Waals surface area contributed by atoms with E-state index in [1.807, 2.05) is 0 Å². The Morgan fingerprint density at radius 1 is 1.40 bits per heavy atom. The van der Waals surface area contributed by atoms with Crippen LogP contribution in [0.4, 0.5) is 0 Å². The quantitative estimate of drug-likeness (QED) is 0.768. The van der Waals surface area contributed by atoms with Crippen LogP contribution in [0.5, 0.6) is 5.75 Å². The summed E-state index contributed by atoms with van der Waals surface area (Å²) in [6.07, 6.45) is -1.87. The van der Waals surface area contributed by atoms with E-state index < -0.39 is 18.2 Å². The van der Waals surface area contributed by atoms with Gasteiger partial charge < -0.3 is 14.9 Å². The van der Waals surface area contributed by atoms with Crippen molar-refractivity contribution in [2.75, 3.05) is 0 Å². The van der Waals surface area contributed by atoms with Crippen LogP contribution in [-0.2, 0) is 4.79 Å². The van der Waals surface area contributed by atoms with Crippen molar-refractivity contribution in [3.63, 3.8) is 0 Å². The number of rotatable bonds is 5. The summed E-state index contributed by atoms with van der Waals surface area (Å²) >= 11 is 0. The van der Waals surface area contributed by atoms with E-state index in [1.54, 1.807) is 37.3 Å². The minimum absolute atomic E-state index is 0.337. The van der Waals surface area contributed by atoms with Crippen LogP contribution in [0.25, 0.3) is 0 Å². The number of carboxylic acid groups (broad SMARTS) is 1. The Morgan fingerprint density at radius 2 is 2.00 bits per heavy atom. The second-order valence-electron chi connectivity index (χ2n) is 3.17. The molecule has 0 aliphatic rings. The largest absolute Gasteiger partial charge is 0.478 e. The Balaban J connectivity index is 2.71. The molecule has 0 radical (unpaired) electrons. The molecule has 4 heteroatoms. The first-order chi connectivity index (χ1) is 7.15. The van der Waals surface area contributed by atoms with Crippen LogP contribution in [0.3, 0.4) is 0 Å². The second-order valence-corrected chi connectivity index (χ2v) is 3.17. The molecule has 4 nitrogen and oxygen atoms in total. The fourth-order valence-electron chi connectivity index (χ4n) is 1.15. The summed E-state index contributed by atoms with van der Waals surface area (Å²) in [4.78, 5) is 10.8. The van der Waals surface area contributed by atoms with Gasteiger partial charge in [0.2, 0.25) is 6.10 Å². The van der Waals surface area contributed by atoms with Crippen LogP contribution in [0, 0.1) is 0 Å². The molecule has 15 heavy (non-hydrogen) atoms. The highest BCUT2D eigenvalue weighted by molar-refractivity contribution is 5.73. The van der Waals surface area contributed by atoms with E-state index >= 15 is 0 Å². The summed E-state index contributed by atoms with van der Waals surface area (Å²) in [5.74, 6) is -0.717. The monoisotopic (exact) mass is 210 g/mol. The fraction of sp³-hybridized carbons (Fsp3) is 0.364. The van der Waals surface area contributed by atoms with E-state index in [2.05, 4.69) is 0 Å². The molecule has 2 atom stereocenters. The van der Waals surface area contributed by atoms with Gasteiger partial charge in [-0.05, 0) is 18.6 Å². The van der Waals surface area contributed by atoms with Crippen LogP contribution < -0.4 is 4.74 Å². The predicted octanol–water partition coefficient (Wildman–Crippen LogP) is 1.29. The summed E-state index contributed by atoms with van der Waals surface area (Å²) in [7, 11) is 0. The van der Waals surface area contributed by atoms with Gasteiger partial charge in [0.1, 0.15) is 11.9 Å². The van der Waals surface area contributed by atoms with Gasteiger partial charge in [0.15, 0.2) is 0 Å². The molecule has 0 saturated carbocycles. The lowest BCUT2D eigenvalue weighted by Gasteiger charge is -2.19. The number of aliphatic carboxylic acids is 1. The van der Waals surface area contributed by atoms with Gasteiger partial charge >= 0.3 is 5.97 Å². The molecule has 1 rings (SSSR count). The van der Waals surface area contributed by atoms with Crippen LogP contribution in [0.15, 0.2) is 30.3 Å². The molecule has 1 aromatic rings. The molecule has 1 aromatic carbocycles. The van der Waals surface area contributed by atoms with Gasteiger partial charge in [0.25, 0.3) is 0 Å². The lowest BCUT2D eigenvalue weighted by atomic mass is 10.1. The van der Waals surface area contributed by atoms with Crippen molar-refractivity contribution in [2.24, 2.45) is 0 Å². The first-order valence-electron chi connectivity index (χ1n) is 4.77. The number of benzene rings is 1. The van der Waals surface area contributed by atoms with E-state index in [9.17, 15) is 9.90 Å². The van der Waals surface area contributed by atoms with Crippen molar-refractivity contribution in [1.29, 1.82) is 0 Å². The molecule has 2 N–H and O–H groups in total. The number of carbonyl (C=O) groups is 1. The first kappa shape index (κ1) is 11.5. The van der Waals surface area contributed by atoms with Crippen molar-refractivity contribution in [1.82, 2.24) is 0 Å². The van der Waals surface area contributed by atoms with Gasteiger partial charge in [-0.1, -0.05) is 25.1 Å². The van der Waals surface area contributed by atoms with Crippen molar-refractivity contribution >= 4 is 5.97 Å². The van der Waals surface area contributed by atoms with Gasteiger partial charge in [-0.2, -0.15) is 0 Å². The van der Waals surface area contributed by atoms with E-state index in [0.717, 1.165) is 0 Å². The molecule has 0 aromatic heterocycles. The Labute approximate surface area is 88.1 Å². The Kier molecular flexibility index (Phi) is 4.12. The van der Waals surface area contributed by atoms with E-state index in [0.29, 0.717) is 12.2 Å². The Bertz CT molecular complexity index is 310. The molecule has 0 saturated heterocycles. The Hall–Kier alpha value is -1.55. The fourth-order valence-corrected chi connectivity index (χ4v) is 1.15. The SMILES string of the molecule is CCC(O)C(Oc1ccccc1)C(=O)O. The van der Waals surface area contributed by atoms with Gasteiger partial charge in [-0.25, -0.2) is 4.79 Å². The predicted molar refractivity (Wildman–Crippen MR) is 54.8 cm³/mol. The minimum atomic E-state index is -1.21. The van der Waals surface area contributed by atoms with Gasteiger partial charge in [0, 0.05) is 0 Å². The molecule has 0 bridgehead atoms. The number of aliphatic hydroxyl groups excluding tert-OH is 1. The molecule has 0 spiro atoms. The molecule has 0 aliphatic carbocycles. The molecule has 2 unspecified atom stereocenters. The zero-order chi connectivity index (χ0) is 11.3. The third-order valence-corrected chi connectivity index (χ3v) is 2.02. The molecular weight excluding hydrogens is 196 g/mol. The average Bonchev–Trinajstić information content (AvgIpc) is 2.26. The maximum Gasteiger partial charge on any atom is 0.347 e. The zero-order valence-electron chi connectivity index (χ0n) is 8.46. The summed E-state index contributed by atoms with van der Waals surface area (Å²) in [6, 6.07) is 8.59. The highest BCUT2D eigenvalue weighted by Gasteiger charge is 2.27. The van der Waals surface area contributed by atoms with Crippen molar-refractivity contribution in [2.45, 2.75) is 25.6 Å². The third-order valence-electron chi connectivity index (χ3n) is 2.02. The van der Waals surface area contributed by atoms with Crippen molar-refractivity contribution in [3.8, 4) is 5.75 Å². The summed E-state index contributed by atoms with van der Waals surface area (Å²) in [6.45, 7) is 1.70. The topological polar surface area (TPSA) is 66.8 Å². The molecular formula is C11H14O4. The van der Waals surface area contributed by atoms with Crippen LogP contribution in [-0.4, -0.2) is 28.4 Å². The number of hydrogen-bond donors (Lipinski definition) is 2. The molecule has 0 fully saturated rings. The van der Waals surface area contributed by atoms with Gasteiger partial charge in [0.05, 0.1) is 0 Å². The van der Waals surface area contributed by atoms with E-state index in [1.165, 1.54) is 0 Å². The van der Waals surface area contributed by atoms with Crippen molar-refractivity contribution in [3.05, 3.63) is 30.3 Å². The van der Waals surface area contributed by atoms with Gasteiger partial charge in [-0.15, -0.1) is 0 Å². The number of ether oxygens (including phenoxy) is 1. The Morgan fingerprint density at radius 3 is 2.47 bits per heavy atom. The van der Waals surface area contributed by atoms with E-state index in [-0.39, 0.29) is 0 Å². The van der Waals surface area contributed by atoms with Crippen LogP contribution in [0.1, 0.15) is 13.3 Å². The molecule has 0 heterocycles. The summed E-state index contributed by atoms with van der Waals surface area (Å²) in [5, 5.41) is 18.3. The lowest BCUT2D eigenvalue weighted by molar-refractivity contribution is -0.150. The summed E-state index contributed by atoms with van der Waals surface area (Å²) in [5.41, 5.74) is 0. The smallest absolute Gasteiger partial charge is 0.347 e. The van der Waals surface area contributed by atoms with Crippen molar-refractivity contribution < 1.29 is 19.7 Å². The molecule has 0 aliphatic heterocycles. The molecule has 0 amide bonds. The minimum Gasteiger partial charge on any atom is -0.478 e. The lowest BCUT2D eigenvalue weighted by Crippen LogP contribution is -2.38. The van der Waals surface area contributed by atoms with Gasteiger partial charge in [-0.3, -0.25) is 0 Å². The second kappa shape index (κ2) is 5.36. The highest BCUT2D eigenvalue weighted by Crippen LogP contribution is 2.13. The number of hydrogen-bond acceptors (Lipinski definition) is 3. The maximum atomic E-state index is 10.8. The summed E-state index contributed by atoms with van der Waals surface area (Å²) < 4.78 is 5.18. The maximum absolute atomic E-state index is 10.8. The number of aliphatic hydroxyl groups is 1. The van der Waals surface area contributed by atoms with Crippen LogP contribution >= 0.6 is 0 Å². The van der Waals surface area contributed by atoms with Crippen LogP contribution in [0.2, 0.25) is 0 Å². The normalized spacial score (nSPS) is 14.3. The average molecular weight is 210 g/mol. The highest BCUT2D eigenvalue weighted by atomic mass is 16.5. The third kappa shape index (κ3) is 3.25. The molecule has 82 valence electrons. The number of para-hydroxylation sites is 1. The number of carboxylic acids is 1.